The highest BCUT2D eigenvalue weighted by molar-refractivity contribution is 5.95. The first-order chi connectivity index (χ1) is 14.7. The van der Waals surface area contributed by atoms with Gasteiger partial charge in [-0.2, -0.15) is 5.26 Å². The Bertz CT molecular complexity index is 858. The molecule has 0 N–H and O–H groups in total. The van der Waals surface area contributed by atoms with Crippen LogP contribution in [0.3, 0.4) is 0 Å². The van der Waals surface area contributed by atoms with Gasteiger partial charge in [-0.3, -0.25) is 19.5 Å². The molecule has 1 saturated heterocycles. The standard InChI is InChI=1S/C23H27N5O2/c24-11-5-13-28(21-7-2-1-3-8-21)23(30)10-9-22(29)27-16-14-26(15-17-27)19-20-6-4-12-25-18-20/h1-4,6-8,12,18H,5,9-10,13-17,19H2. The highest BCUT2D eigenvalue weighted by atomic mass is 16.2. The molecule has 1 aromatic carbocycles. The van der Waals surface area contributed by atoms with Crippen LogP contribution in [0.2, 0.25) is 0 Å². The van der Waals surface area contributed by atoms with E-state index < -0.39 is 0 Å². The molecule has 2 amide bonds. The van der Waals surface area contributed by atoms with Crippen molar-refractivity contribution in [3.63, 3.8) is 0 Å². The number of pyridine rings is 1. The van der Waals surface area contributed by atoms with Gasteiger partial charge in [0.2, 0.25) is 11.8 Å². The van der Waals surface area contributed by atoms with E-state index in [0.29, 0.717) is 19.6 Å². The molecule has 1 aromatic heterocycles. The van der Waals surface area contributed by atoms with Crippen LogP contribution in [-0.4, -0.2) is 59.3 Å². The number of piperazine rings is 1. The Morgan fingerprint density at radius 1 is 1.03 bits per heavy atom. The number of benzene rings is 1. The molecule has 2 aromatic rings. The van der Waals surface area contributed by atoms with Gasteiger partial charge in [0.05, 0.1) is 12.5 Å². The Morgan fingerprint density at radius 3 is 2.47 bits per heavy atom. The first-order valence-electron chi connectivity index (χ1n) is 10.3. The highest BCUT2D eigenvalue weighted by Crippen LogP contribution is 2.16. The molecule has 0 saturated carbocycles. The van der Waals surface area contributed by atoms with E-state index in [1.54, 1.807) is 11.1 Å². The molecule has 1 fully saturated rings. The smallest absolute Gasteiger partial charge is 0.227 e. The van der Waals surface area contributed by atoms with Crippen LogP contribution in [-0.2, 0) is 16.1 Å². The maximum Gasteiger partial charge on any atom is 0.227 e. The van der Waals surface area contributed by atoms with Gasteiger partial charge in [0.25, 0.3) is 0 Å². The summed E-state index contributed by atoms with van der Waals surface area (Å²) in [7, 11) is 0. The number of carbonyl (C=O) groups excluding carboxylic acids is 2. The average Bonchev–Trinajstić information content (AvgIpc) is 2.79. The van der Waals surface area contributed by atoms with Gasteiger partial charge in [0, 0.05) is 70.2 Å². The minimum atomic E-state index is -0.125. The molecule has 0 bridgehead atoms. The van der Waals surface area contributed by atoms with Crippen LogP contribution in [0.1, 0.15) is 24.8 Å². The zero-order valence-corrected chi connectivity index (χ0v) is 17.1. The van der Waals surface area contributed by atoms with E-state index in [9.17, 15) is 9.59 Å². The third kappa shape index (κ3) is 6.13. The van der Waals surface area contributed by atoms with E-state index >= 15 is 0 Å². The summed E-state index contributed by atoms with van der Waals surface area (Å²) in [5.41, 5.74) is 1.93. The molecule has 0 aliphatic carbocycles. The predicted octanol–water partition coefficient (Wildman–Crippen LogP) is 2.45. The lowest BCUT2D eigenvalue weighted by atomic mass is 10.2. The van der Waals surface area contributed by atoms with Crippen LogP contribution in [0, 0.1) is 11.3 Å². The molecular weight excluding hydrogens is 378 g/mol. The summed E-state index contributed by atoms with van der Waals surface area (Å²) in [5, 5.41) is 8.89. The Hall–Kier alpha value is -3.24. The fourth-order valence-corrected chi connectivity index (χ4v) is 3.58. The SMILES string of the molecule is N#CCCN(C(=O)CCC(=O)N1CCN(Cc2cccnc2)CC1)c1ccccc1. The summed E-state index contributed by atoms with van der Waals surface area (Å²) in [5.74, 6) is -0.113. The van der Waals surface area contributed by atoms with Crippen LogP contribution in [0.15, 0.2) is 54.9 Å². The number of hydrogen-bond donors (Lipinski definition) is 0. The molecule has 3 rings (SSSR count). The molecule has 7 nitrogen and oxygen atoms in total. The second-order valence-corrected chi connectivity index (χ2v) is 7.31. The van der Waals surface area contributed by atoms with Crippen molar-refractivity contribution in [2.24, 2.45) is 0 Å². The van der Waals surface area contributed by atoms with Crippen LogP contribution in [0.4, 0.5) is 5.69 Å². The Balaban J connectivity index is 1.46. The van der Waals surface area contributed by atoms with Crippen molar-refractivity contribution in [1.29, 1.82) is 5.26 Å². The third-order valence-corrected chi connectivity index (χ3v) is 5.22. The molecule has 0 radical (unpaired) electrons. The summed E-state index contributed by atoms with van der Waals surface area (Å²) in [4.78, 5) is 35.2. The minimum absolute atomic E-state index is 0.0117. The third-order valence-electron chi connectivity index (χ3n) is 5.22. The maximum absolute atomic E-state index is 12.7. The Kier molecular flexibility index (Phi) is 7.93. The quantitative estimate of drug-likeness (QED) is 0.674. The van der Waals surface area contributed by atoms with Crippen molar-refractivity contribution in [1.82, 2.24) is 14.8 Å². The van der Waals surface area contributed by atoms with E-state index in [2.05, 4.69) is 22.0 Å². The van der Waals surface area contributed by atoms with E-state index in [-0.39, 0.29) is 31.1 Å². The van der Waals surface area contributed by atoms with Gasteiger partial charge in [-0.05, 0) is 23.8 Å². The van der Waals surface area contributed by atoms with Crippen LogP contribution in [0.25, 0.3) is 0 Å². The van der Waals surface area contributed by atoms with Crippen molar-refractivity contribution in [2.75, 3.05) is 37.6 Å². The number of carbonyl (C=O) groups is 2. The first kappa shape index (κ1) is 21.5. The topological polar surface area (TPSA) is 80.5 Å². The van der Waals surface area contributed by atoms with Gasteiger partial charge in [-0.1, -0.05) is 24.3 Å². The van der Waals surface area contributed by atoms with Crippen LogP contribution < -0.4 is 4.90 Å². The summed E-state index contributed by atoms with van der Waals surface area (Å²) in [6, 6.07) is 15.4. The Labute approximate surface area is 177 Å². The lowest BCUT2D eigenvalue weighted by molar-refractivity contribution is -0.134. The molecule has 1 aliphatic rings. The number of aromatic nitrogens is 1. The predicted molar refractivity (Wildman–Crippen MR) is 114 cm³/mol. The number of nitriles is 1. The second-order valence-electron chi connectivity index (χ2n) is 7.31. The summed E-state index contributed by atoms with van der Waals surface area (Å²) in [6.45, 7) is 4.13. The number of hydrogen-bond acceptors (Lipinski definition) is 5. The molecular formula is C23H27N5O2. The van der Waals surface area contributed by atoms with Crippen molar-refractivity contribution >= 4 is 17.5 Å². The molecule has 2 heterocycles. The number of amides is 2. The number of anilines is 1. The van der Waals surface area contributed by atoms with E-state index in [0.717, 1.165) is 25.3 Å². The Morgan fingerprint density at radius 2 is 1.80 bits per heavy atom. The zero-order chi connectivity index (χ0) is 21.2. The van der Waals surface area contributed by atoms with Gasteiger partial charge >= 0.3 is 0 Å². The fourth-order valence-electron chi connectivity index (χ4n) is 3.58. The van der Waals surface area contributed by atoms with Crippen LogP contribution >= 0.6 is 0 Å². The van der Waals surface area contributed by atoms with Crippen molar-refractivity contribution in [2.45, 2.75) is 25.8 Å². The molecule has 30 heavy (non-hydrogen) atoms. The first-order valence-corrected chi connectivity index (χ1v) is 10.3. The van der Waals surface area contributed by atoms with E-state index in [1.165, 1.54) is 5.56 Å². The number of nitrogens with zero attached hydrogens (tertiary/aromatic N) is 5. The normalized spacial score (nSPS) is 14.2. The molecule has 156 valence electrons. The van der Waals surface area contributed by atoms with Gasteiger partial charge in [-0.25, -0.2) is 0 Å². The second kappa shape index (κ2) is 11.1. The largest absolute Gasteiger partial charge is 0.340 e. The van der Waals surface area contributed by atoms with Crippen molar-refractivity contribution in [3.05, 3.63) is 60.4 Å². The molecule has 7 heteroatoms. The van der Waals surface area contributed by atoms with E-state index in [4.69, 9.17) is 5.26 Å². The lowest BCUT2D eigenvalue weighted by Crippen LogP contribution is -2.48. The van der Waals surface area contributed by atoms with Crippen molar-refractivity contribution < 1.29 is 9.59 Å². The monoisotopic (exact) mass is 405 g/mol. The van der Waals surface area contributed by atoms with E-state index in [1.807, 2.05) is 47.5 Å². The summed E-state index contributed by atoms with van der Waals surface area (Å²) < 4.78 is 0. The molecule has 0 spiro atoms. The fraction of sp³-hybridized carbons (Fsp3) is 0.391. The lowest BCUT2D eigenvalue weighted by Gasteiger charge is -2.34. The van der Waals surface area contributed by atoms with Crippen molar-refractivity contribution in [3.8, 4) is 6.07 Å². The summed E-state index contributed by atoms with van der Waals surface area (Å²) >= 11 is 0. The van der Waals surface area contributed by atoms with Gasteiger partial charge in [0.15, 0.2) is 0 Å². The highest BCUT2D eigenvalue weighted by Gasteiger charge is 2.23. The number of para-hydroxylation sites is 1. The van der Waals surface area contributed by atoms with Crippen LogP contribution in [0.5, 0.6) is 0 Å². The zero-order valence-electron chi connectivity index (χ0n) is 17.1. The van der Waals surface area contributed by atoms with Gasteiger partial charge in [-0.15, -0.1) is 0 Å². The maximum atomic E-state index is 12.7. The molecule has 0 unspecified atom stereocenters. The average molecular weight is 406 g/mol. The molecule has 1 aliphatic heterocycles. The summed E-state index contributed by atoms with van der Waals surface area (Å²) in [6.07, 6.45) is 4.23. The molecule has 0 atom stereocenters. The van der Waals surface area contributed by atoms with Gasteiger partial charge < -0.3 is 9.80 Å². The minimum Gasteiger partial charge on any atom is -0.340 e. The number of rotatable bonds is 8. The van der Waals surface area contributed by atoms with Gasteiger partial charge in [0.1, 0.15) is 0 Å².